The lowest BCUT2D eigenvalue weighted by atomic mass is 10.1. The van der Waals surface area contributed by atoms with Crippen molar-refractivity contribution in [3.05, 3.63) is 64.1 Å². The van der Waals surface area contributed by atoms with Crippen LogP contribution in [-0.2, 0) is 13.1 Å². The van der Waals surface area contributed by atoms with Crippen molar-refractivity contribution in [2.75, 3.05) is 6.61 Å². The number of aromatic nitrogens is 2. The Balaban J connectivity index is 1.80. The Morgan fingerprint density at radius 2 is 1.60 bits per heavy atom. The minimum absolute atomic E-state index is 0.102. The molecule has 2 aromatic carbocycles. The Morgan fingerprint density at radius 1 is 1.00 bits per heavy atom. The summed E-state index contributed by atoms with van der Waals surface area (Å²) in [5.41, 5.74) is 3.69. The molecule has 1 atom stereocenters. The number of rotatable bonds is 6. The first-order chi connectivity index (χ1) is 12.0. The number of hydrogen-bond acceptors (Lipinski definition) is 3. The van der Waals surface area contributed by atoms with Gasteiger partial charge in [-0.25, -0.2) is 4.79 Å². The summed E-state index contributed by atoms with van der Waals surface area (Å²) in [5, 5.41) is 10.4. The van der Waals surface area contributed by atoms with E-state index in [1.165, 1.54) is 0 Å². The second-order valence-electron chi connectivity index (χ2n) is 6.31. The van der Waals surface area contributed by atoms with Gasteiger partial charge in [0.1, 0.15) is 18.5 Å². The number of hydrogen-bond donors (Lipinski definition) is 1. The van der Waals surface area contributed by atoms with Crippen molar-refractivity contribution in [1.82, 2.24) is 9.13 Å². The molecular formula is C20H24N2O3. The standard InChI is InChI=1S/C20H24N2O3/c1-4-21-17-10-5-6-11-18(17)22(20(21)24)12-16(23)13-25-19-14(2)8-7-9-15(19)3/h5-11,16,23H,4,12-13H2,1-3H3. The van der Waals surface area contributed by atoms with Gasteiger partial charge in [-0.1, -0.05) is 30.3 Å². The van der Waals surface area contributed by atoms with Gasteiger partial charge in [-0.05, 0) is 44.0 Å². The van der Waals surface area contributed by atoms with E-state index >= 15 is 0 Å². The summed E-state index contributed by atoms with van der Waals surface area (Å²) >= 11 is 0. The maximum absolute atomic E-state index is 12.6. The molecule has 25 heavy (non-hydrogen) atoms. The van der Waals surface area contributed by atoms with Crippen molar-refractivity contribution >= 4 is 11.0 Å². The largest absolute Gasteiger partial charge is 0.490 e. The number of aryl methyl sites for hydroxylation is 3. The first-order valence-corrected chi connectivity index (χ1v) is 8.58. The quantitative estimate of drug-likeness (QED) is 0.751. The van der Waals surface area contributed by atoms with Gasteiger partial charge in [0.2, 0.25) is 0 Å². The lowest BCUT2D eigenvalue weighted by molar-refractivity contribution is 0.0918. The van der Waals surface area contributed by atoms with Crippen LogP contribution in [0.25, 0.3) is 11.0 Å². The van der Waals surface area contributed by atoms with E-state index in [2.05, 4.69) is 0 Å². The smallest absolute Gasteiger partial charge is 0.329 e. The van der Waals surface area contributed by atoms with Gasteiger partial charge in [0.15, 0.2) is 0 Å². The molecule has 0 amide bonds. The van der Waals surface area contributed by atoms with Gasteiger partial charge < -0.3 is 9.84 Å². The van der Waals surface area contributed by atoms with E-state index in [-0.39, 0.29) is 18.8 Å². The van der Waals surface area contributed by atoms with Crippen LogP contribution in [0.4, 0.5) is 0 Å². The summed E-state index contributed by atoms with van der Waals surface area (Å²) in [7, 11) is 0. The molecule has 132 valence electrons. The Morgan fingerprint density at radius 3 is 2.20 bits per heavy atom. The van der Waals surface area contributed by atoms with Crippen molar-refractivity contribution in [2.45, 2.75) is 40.0 Å². The second kappa shape index (κ2) is 7.15. The van der Waals surface area contributed by atoms with Crippen molar-refractivity contribution in [3.8, 4) is 5.75 Å². The summed E-state index contributed by atoms with van der Waals surface area (Å²) in [6.45, 7) is 6.85. The van der Waals surface area contributed by atoms with E-state index in [0.717, 1.165) is 27.9 Å². The molecule has 0 aliphatic heterocycles. The molecule has 0 aliphatic rings. The van der Waals surface area contributed by atoms with Crippen molar-refractivity contribution in [2.24, 2.45) is 0 Å². The molecule has 1 unspecified atom stereocenters. The lowest BCUT2D eigenvalue weighted by Gasteiger charge is -2.16. The number of para-hydroxylation sites is 3. The van der Waals surface area contributed by atoms with Crippen LogP contribution in [0.2, 0.25) is 0 Å². The predicted octanol–water partition coefficient (Wildman–Crippen LogP) is 2.88. The molecule has 0 saturated heterocycles. The van der Waals surface area contributed by atoms with Gasteiger partial charge in [-0.3, -0.25) is 9.13 Å². The molecule has 0 fully saturated rings. The number of nitrogens with zero attached hydrogens (tertiary/aromatic N) is 2. The average molecular weight is 340 g/mol. The zero-order chi connectivity index (χ0) is 18.0. The number of aliphatic hydroxyl groups excluding tert-OH is 1. The van der Waals surface area contributed by atoms with Crippen molar-refractivity contribution < 1.29 is 9.84 Å². The van der Waals surface area contributed by atoms with Crippen LogP contribution in [0.15, 0.2) is 47.3 Å². The van der Waals surface area contributed by atoms with Crippen molar-refractivity contribution in [1.29, 1.82) is 0 Å². The molecule has 1 aromatic heterocycles. The van der Waals surface area contributed by atoms with Crippen LogP contribution >= 0.6 is 0 Å². The molecule has 5 heteroatoms. The lowest BCUT2D eigenvalue weighted by Crippen LogP contribution is -2.31. The fourth-order valence-electron chi connectivity index (χ4n) is 3.22. The number of fused-ring (bicyclic) bond motifs is 1. The normalized spacial score (nSPS) is 12.5. The van der Waals surface area contributed by atoms with Crippen LogP contribution < -0.4 is 10.4 Å². The molecule has 1 N–H and O–H groups in total. The Bertz CT molecular complexity index is 920. The SMILES string of the molecule is CCn1c(=O)n(CC(O)COc2c(C)cccc2C)c2ccccc21. The number of imidazole rings is 1. The number of benzene rings is 2. The molecule has 1 heterocycles. The van der Waals surface area contributed by atoms with E-state index in [1.807, 2.05) is 63.2 Å². The highest BCUT2D eigenvalue weighted by atomic mass is 16.5. The van der Waals surface area contributed by atoms with Crippen LogP contribution in [0, 0.1) is 13.8 Å². The highest BCUT2D eigenvalue weighted by molar-refractivity contribution is 5.75. The fourth-order valence-corrected chi connectivity index (χ4v) is 3.22. The molecule has 5 nitrogen and oxygen atoms in total. The van der Waals surface area contributed by atoms with Gasteiger partial charge in [0.05, 0.1) is 17.6 Å². The summed E-state index contributed by atoms with van der Waals surface area (Å²) in [4.78, 5) is 12.6. The Hall–Kier alpha value is -2.53. The summed E-state index contributed by atoms with van der Waals surface area (Å²) < 4.78 is 9.15. The first-order valence-electron chi connectivity index (χ1n) is 8.58. The molecule has 0 aliphatic carbocycles. The Kier molecular flexibility index (Phi) is 4.95. The van der Waals surface area contributed by atoms with Gasteiger partial charge >= 0.3 is 5.69 Å². The van der Waals surface area contributed by atoms with Crippen LogP contribution in [0.1, 0.15) is 18.1 Å². The third-order valence-corrected chi connectivity index (χ3v) is 4.46. The zero-order valence-corrected chi connectivity index (χ0v) is 14.9. The molecule has 3 rings (SSSR count). The summed E-state index contributed by atoms with van der Waals surface area (Å²) in [6, 6.07) is 13.6. The Labute approximate surface area is 147 Å². The van der Waals surface area contributed by atoms with Crippen LogP contribution in [0.5, 0.6) is 5.75 Å². The molecule has 0 spiro atoms. The predicted molar refractivity (Wildman–Crippen MR) is 99.3 cm³/mol. The first kappa shape index (κ1) is 17.3. The number of aliphatic hydroxyl groups is 1. The van der Waals surface area contributed by atoms with E-state index in [1.54, 1.807) is 9.13 Å². The highest BCUT2D eigenvalue weighted by Gasteiger charge is 2.16. The fraction of sp³-hybridized carbons (Fsp3) is 0.350. The maximum Gasteiger partial charge on any atom is 0.329 e. The molecular weight excluding hydrogens is 316 g/mol. The average Bonchev–Trinajstić information content (AvgIpc) is 2.86. The van der Waals surface area contributed by atoms with Gasteiger partial charge in [0.25, 0.3) is 0 Å². The second-order valence-corrected chi connectivity index (χ2v) is 6.31. The minimum atomic E-state index is -0.771. The van der Waals surface area contributed by atoms with E-state index in [9.17, 15) is 9.90 Å². The molecule has 0 bridgehead atoms. The summed E-state index contributed by atoms with van der Waals surface area (Å²) in [5.74, 6) is 0.796. The van der Waals surface area contributed by atoms with E-state index in [0.29, 0.717) is 6.54 Å². The molecule has 3 aromatic rings. The van der Waals surface area contributed by atoms with Crippen LogP contribution in [-0.4, -0.2) is 27.0 Å². The van der Waals surface area contributed by atoms with E-state index in [4.69, 9.17) is 4.74 Å². The minimum Gasteiger partial charge on any atom is -0.490 e. The van der Waals surface area contributed by atoms with Gasteiger partial charge in [-0.15, -0.1) is 0 Å². The molecule has 0 saturated carbocycles. The third kappa shape index (κ3) is 3.33. The van der Waals surface area contributed by atoms with E-state index < -0.39 is 6.10 Å². The topological polar surface area (TPSA) is 56.4 Å². The molecule has 0 radical (unpaired) electrons. The van der Waals surface area contributed by atoms with Gasteiger partial charge in [0, 0.05) is 6.54 Å². The third-order valence-electron chi connectivity index (χ3n) is 4.46. The monoisotopic (exact) mass is 340 g/mol. The highest BCUT2D eigenvalue weighted by Crippen LogP contribution is 2.22. The van der Waals surface area contributed by atoms with Crippen LogP contribution in [0.3, 0.4) is 0 Å². The summed E-state index contributed by atoms with van der Waals surface area (Å²) in [6.07, 6.45) is -0.771. The van der Waals surface area contributed by atoms with Gasteiger partial charge in [-0.2, -0.15) is 0 Å². The maximum atomic E-state index is 12.6. The number of ether oxygens (including phenoxy) is 1. The van der Waals surface area contributed by atoms with Crippen molar-refractivity contribution in [3.63, 3.8) is 0 Å². The zero-order valence-electron chi connectivity index (χ0n) is 14.9.